The Morgan fingerprint density at radius 3 is 2.00 bits per heavy atom. The third kappa shape index (κ3) is 13.4. The molecule has 1 fully saturated rings. The van der Waals surface area contributed by atoms with E-state index < -0.39 is 33.9 Å². The molecule has 1 saturated heterocycles. The third-order valence-corrected chi connectivity index (χ3v) is 7.69. The van der Waals surface area contributed by atoms with Crippen molar-refractivity contribution in [1.82, 2.24) is 4.72 Å². The minimum absolute atomic E-state index is 0.217. The second kappa shape index (κ2) is 14.7. The molecule has 1 heterocycles. The first-order valence-electron chi connectivity index (χ1n) is 12.7. The fraction of sp³-hybridized carbons (Fsp3) is 0.680. The Hall–Kier alpha value is -2.38. The van der Waals surface area contributed by atoms with Crippen molar-refractivity contribution in [1.29, 1.82) is 0 Å². The van der Waals surface area contributed by atoms with Crippen LogP contribution in [0.15, 0.2) is 24.3 Å². The first kappa shape index (κ1) is 33.6. The lowest BCUT2D eigenvalue weighted by molar-refractivity contribution is -0.896. The topological polar surface area (TPSA) is 136 Å². The highest BCUT2D eigenvalue weighted by molar-refractivity contribution is 7.90. The Balaban J connectivity index is 0.000000905. The number of carboxylic acids is 2. The number of benzene rings is 1. The van der Waals surface area contributed by atoms with Crippen molar-refractivity contribution in [2.75, 3.05) is 31.9 Å². The van der Waals surface area contributed by atoms with E-state index in [1.807, 2.05) is 12.1 Å². The fourth-order valence-electron chi connectivity index (χ4n) is 4.19. The molecule has 0 radical (unpaired) electrons. The Labute approximate surface area is 223 Å². The van der Waals surface area contributed by atoms with Gasteiger partial charge in [-0.25, -0.2) is 0 Å². The van der Waals surface area contributed by atoms with Gasteiger partial charge in [0.25, 0.3) is 10.2 Å². The molecule has 2 rings (SSSR count). The molecule has 218 valence electrons. The zero-order valence-corrected chi connectivity index (χ0v) is 23.1. The lowest BCUT2D eigenvalue weighted by Gasteiger charge is -2.44. The van der Waals surface area contributed by atoms with Gasteiger partial charge in [-0.2, -0.15) is 26.3 Å². The molecule has 1 aliphatic heterocycles. The van der Waals surface area contributed by atoms with Crippen LogP contribution in [-0.4, -0.2) is 68.8 Å². The number of quaternary nitrogens is 1. The number of carbonyl (C=O) groups is 2. The molecular formula is C25H40F3N3O6S. The molecule has 0 aromatic heterocycles. The van der Waals surface area contributed by atoms with Crippen LogP contribution in [0.5, 0.6) is 0 Å². The lowest BCUT2D eigenvalue weighted by Crippen LogP contribution is -2.60. The van der Waals surface area contributed by atoms with E-state index in [4.69, 9.17) is 9.90 Å². The van der Waals surface area contributed by atoms with Crippen LogP contribution < -0.4 is 14.6 Å². The van der Waals surface area contributed by atoms with Crippen molar-refractivity contribution in [3.8, 4) is 0 Å². The van der Waals surface area contributed by atoms with Crippen molar-refractivity contribution in [3.63, 3.8) is 0 Å². The maximum Gasteiger partial charge on any atom is 0.430 e. The predicted octanol–water partition coefficient (Wildman–Crippen LogP) is 3.22. The highest BCUT2D eigenvalue weighted by Crippen LogP contribution is 2.29. The summed E-state index contributed by atoms with van der Waals surface area (Å²) in [6, 6.07) is 7.46. The minimum Gasteiger partial charge on any atom is -0.542 e. The number of carboxylic acid groups (broad SMARTS) is 2. The van der Waals surface area contributed by atoms with Gasteiger partial charge in [-0.15, -0.1) is 0 Å². The molecule has 0 saturated carbocycles. The molecule has 0 amide bonds. The molecule has 0 atom stereocenters. The zero-order valence-electron chi connectivity index (χ0n) is 22.3. The standard InChI is InChI=1S/C23H39N3O4S.C2HF3O2/c1-4-5-6-7-8-9-10-20-11-13-21(14-12-20)24-31(29,30)25-23(19-22(27)28)15-17-26(2,3)18-16-23;3-2(4,5)1(6)7/h11-14,24-25H,4-10,15-19H2,1-3H3;(H,6,7). The fourth-order valence-corrected chi connectivity index (χ4v) is 5.53. The van der Waals surface area contributed by atoms with Crippen LogP contribution >= 0.6 is 0 Å². The Morgan fingerprint density at radius 1 is 1.03 bits per heavy atom. The van der Waals surface area contributed by atoms with Gasteiger partial charge in [-0.3, -0.25) is 9.52 Å². The zero-order chi connectivity index (χ0) is 29.0. The Bertz CT molecular complexity index is 989. The van der Waals surface area contributed by atoms with Gasteiger partial charge in [0.1, 0.15) is 5.97 Å². The summed E-state index contributed by atoms with van der Waals surface area (Å²) in [6.45, 7) is 3.67. The van der Waals surface area contributed by atoms with Crippen LogP contribution in [0.1, 0.15) is 70.3 Å². The number of nitrogens with one attached hydrogen (secondary N) is 2. The molecule has 1 aromatic carbocycles. The maximum absolute atomic E-state index is 12.8. The van der Waals surface area contributed by atoms with E-state index in [-0.39, 0.29) is 6.42 Å². The van der Waals surface area contributed by atoms with Crippen molar-refractivity contribution in [2.24, 2.45) is 0 Å². The summed E-state index contributed by atoms with van der Waals surface area (Å²) in [5, 5.41) is 18.1. The molecule has 0 spiro atoms. The largest absolute Gasteiger partial charge is 0.542 e. The summed E-state index contributed by atoms with van der Waals surface area (Å²) in [7, 11) is 0.259. The quantitative estimate of drug-likeness (QED) is 0.247. The average molecular weight is 568 g/mol. The van der Waals surface area contributed by atoms with Crippen molar-refractivity contribution < 1.29 is 45.9 Å². The van der Waals surface area contributed by atoms with Crippen LogP contribution in [0.2, 0.25) is 0 Å². The number of alkyl halides is 3. The van der Waals surface area contributed by atoms with Gasteiger partial charge in [0.2, 0.25) is 0 Å². The van der Waals surface area contributed by atoms with E-state index in [2.05, 4.69) is 30.5 Å². The smallest absolute Gasteiger partial charge is 0.430 e. The molecule has 0 bridgehead atoms. The SMILES string of the molecule is CCCCCCCCc1ccc(NS(=O)(=O)NC2(CC(=O)O)CC[N+](C)(C)CC2)cc1.O=C([O-])C(F)(F)F. The lowest BCUT2D eigenvalue weighted by atomic mass is 9.85. The summed E-state index contributed by atoms with van der Waals surface area (Å²) in [4.78, 5) is 20.2. The Morgan fingerprint density at radius 2 is 1.53 bits per heavy atom. The Kier molecular flexibility index (Phi) is 13.0. The first-order chi connectivity index (χ1) is 17.5. The molecular weight excluding hydrogens is 527 g/mol. The highest BCUT2D eigenvalue weighted by Gasteiger charge is 2.43. The number of anilines is 1. The molecule has 9 nitrogen and oxygen atoms in total. The van der Waals surface area contributed by atoms with Crippen molar-refractivity contribution in [2.45, 2.75) is 82.8 Å². The average Bonchev–Trinajstić information content (AvgIpc) is 2.78. The molecule has 0 aliphatic carbocycles. The number of likely N-dealkylation sites (tertiary alicyclic amines) is 1. The monoisotopic (exact) mass is 567 g/mol. The number of carbonyl (C=O) groups excluding carboxylic acids is 1. The van der Waals surface area contributed by atoms with E-state index in [1.165, 1.54) is 37.7 Å². The van der Waals surface area contributed by atoms with E-state index in [9.17, 15) is 31.5 Å². The number of hydrogen-bond acceptors (Lipinski definition) is 5. The van der Waals surface area contributed by atoms with Gasteiger partial charge < -0.3 is 19.5 Å². The van der Waals surface area contributed by atoms with Crippen LogP contribution in [0.25, 0.3) is 0 Å². The van der Waals surface area contributed by atoms with E-state index >= 15 is 0 Å². The van der Waals surface area contributed by atoms with E-state index in [1.54, 1.807) is 12.1 Å². The number of nitrogens with zero attached hydrogens (tertiary/aromatic N) is 1. The van der Waals surface area contributed by atoms with Gasteiger partial charge in [-0.1, -0.05) is 51.2 Å². The normalized spacial score (nSPS) is 16.7. The summed E-state index contributed by atoms with van der Waals surface area (Å²) in [5.41, 5.74) is 0.723. The number of aryl methyl sites for hydroxylation is 1. The summed E-state index contributed by atoms with van der Waals surface area (Å²) >= 11 is 0. The molecule has 3 N–H and O–H groups in total. The van der Waals surface area contributed by atoms with Crippen molar-refractivity contribution in [3.05, 3.63) is 29.8 Å². The number of unbranched alkanes of at least 4 members (excludes halogenated alkanes) is 5. The van der Waals surface area contributed by atoms with Gasteiger partial charge in [0.15, 0.2) is 0 Å². The third-order valence-electron chi connectivity index (χ3n) is 6.49. The van der Waals surface area contributed by atoms with Crippen LogP contribution in [0, 0.1) is 0 Å². The molecule has 38 heavy (non-hydrogen) atoms. The van der Waals surface area contributed by atoms with Crippen LogP contribution in [0.4, 0.5) is 18.9 Å². The summed E-state index contributed by atoms with van der Waals surface area (Å²) in [5.74, 6) is -4.00. The molecule has 1 aliphatic rings. The van der Waals surface area contributed by atoms with E-state index in [0.717, 1.165) is 30.4 Å². The molecule has 1 aromatic rings. The number of aliphatic carboxylic acids is 2. The predicted molar refractivity (Wildman–Crippen MR) is 136 cm³/mol. The minimum atomic E-state index is -5.19. The number of hydrogen-bond donors (Lipinski definition) is 3. The first-order valence-corrected chi connectivity index (χ1v) is 14.2. The van der Waals surface area contributed by atoms with Gasteiger partial charge in [0, 0.05) is 18.5 Å². The van der Waals surface area contributed by atoms with Crippen molar-refractivity contribution >= 4 is 27.8 Å². The second-order valence-corrected chi connectivity index (χ2v) is 11.9. The summed E-state index contributed by atoms with van der Waals surface area (Å²) in [6.07, 6.45) is 4.04. The number of rotatable bonds is 13. The maximum atomic E-state index is 12.8. The molecule has 13 heteroatoms. The number of halogens is 3. The van der Waals surface area contributed by atoms with Crippen LogP contribution in [0.3, 0.4) is 0 Å². The number of piperidine rings is 1. The van der Waals surface area contributed by atoms with Gasteiger partial charge in [0.05, 0.1) is 39.1 Å². The molecule has 0 unspecified atom stereocenters. The van der Waals surface area contributed by atoms with Gasteiger partial charge in [-0.05, 0) is 30.5 Å². The second-order valence-electron chi connectivity index (χ2n) is 10.4. The van der Waals surface area contributed by atoms with Crippen LogP contribution in [-0.2, 0) is 26.2 Å². The highest BCUT2D eigenvalue weighted by atomic mass is 32.2. The van der Waals surface area contributed by atoms with E-state index in [0.29, 0.717) is 18.5 Å². The van der Waals surface area contributed by atoms with Gasteiger partial charge >= 0.3 is 12.1 Å². The summed E-state index contributed by atoms with van der Waals surface area (Å²) < 4.78 is 63.1.